The van der Waals surface area contributed by atoms with Gasteiger partial charge in [-0.05, 0) is 24.3 Å². The lowest BCUT2D eigenvalue weighted by Crippen LogP contribution is -2.51. The highest BCUT2D eigenvalue weighted by Gasteiger charge is 2.34. The Morgan fingerprint density at radius 3 is 2.62 bits per heavy atom. The predicted octanol–water partition coefficient (Wildman–Crippen LogP) is 5.20. The topological polar surface area (TPSA) is 63.2 Å². The summed E-state index contributed by atoms with van der Waals surface area (Å²) in [5, 5.41) is 6.39. The summed E-state index contributed by atoms with van der Waals surface area (Å²) in [4.78, 5) is 15.8. The van der Waals surface area contributed by atoms with Gasteiger partial charge in [0.1, 0.15) is 23.6 Å². The van der Waals surface area contributed by atoms with E-state index in [1.54, 1.807) is 12.3 Å². The molecule has 2 saturated heterocycles. The van der Waals surface area contributed by atoms with Crippen LogP contribution < -0.4 is 15.0 Å². The van der Waals surface area contributed by atoms with E-state index in [4.69, 9.17) is 27.9 Å². The largest absolute Gasteiger partial charge is 0.462 e. The quantitative estimate of drug-likeness (QED) is 0.382. The Balaban J connectivity index is 1.54. The van der Waals surface area contributed by atoms with Crippen molar-refractivity contribution in [3.8, 4) is 17.3 Å². The lowest BCUT2D eigenvalue weighted by Gasteiger charge is -2.34. The minimum absolute atomic E-state index is 0.112. The van der Waals surface area contributed by atoms with Gasteiger partial charge >= 0.3 is 6.01 Å². The lowest BCUT2D eigenvalue weighted by molar-refractivity contribution is 0.315. The van der Waals surface area contributed by atoms with Crippen LogP contribution >= 0.6 is 23.2 Å². The molecule has 6 rings (SSSR count). The number of alkyl halides is 1. The van der Waals surface area contributed by atoms with Crippen LogP contribution in [0.2, 0.25) is 5.02 Å². The molecule has 2 aliphatic heterocycles. The van der Waals surface area contributed by atoms with Gasteiger partial charge in [-0.2, -0.15) is 9.97 Å². The molecule has 2 aliphatic rings. The van der Waals surface area contributed by atoms with E-state index in [1.165, 1.54) is 0 Å². The highest BCUT2D eigenvalue weighted by Crippen LogP contribution is 2.37. The summed E-state index contributed by atoms with van der Waals surface area (Å²) in [6.45, 7) is 1.82. The molecule has 34 heavy (non-hydrogen) atoms. The number of fused-ring (bicyclic) bond motifs is 4. The van der Waals surface area contributed by atoms with Gasteiger partial charge in [0.15, 0.2) is 5.82 Å². The molecule has 0 amide bonds. The lowest BCUT2D eigenvalue weighted by atomic mass is 10.0. The van der Waals surface area contributed by atoms with E-state index in [9.17, 15) is 0 Å². The van der Waals surface area contributed by atoms with Crippen molar-refractivity contribution < 1.29 is 9.13 Å². The molecule has 174 valence electrons. The van der Waals surface area contributed by atoms with Crippen molar-refractivity contribution in [1.82, 2.24) is 20.3 Å². The van der Waals surface area contributed by atoms with Crippen LogP contribution in [0.15, 0.2) is 42.6 Å². The van der Waals surface area contributed by atoms with Crippen molar-refractivity contribution in [2.24, 2.45) is 0 Å². The molecule has 2 aromatic heterocycles. The van der Waals surface area contributed by atoms with Crippen LogP contribution in [0.1, 0.15) is 12.8 Å². The van der Waals surface area contributed by atoms with E-state index in [0.717, 1.165) is 36.7 Å². The van der Waals surface area contributed by atoms with Gasteiger partial charge in [-0.25, -0.2) is 4.39 Å². The van der Waals surface area contributed by atoms with Crippen LogP contribution in [0.25, 0.3) is 32.9 Å². The number of hydrogen-bond acceptors (Lipinski definition) is 6. The maximum absolute atomic E-state index is 16.1. The average Bonchev–Trinajstić information content (AvgIpc) is 3.20. The zero-order valence-electron chi connectivity index (χ0n) is 18.3. The number of halogens is 3. The monoisotopic (exact) mass is 497 g/mol. The summed E-state index contributed by atoms with van der Waals surface area (Å²) in [7, 11) is 0. The summed E-state index contributed by atoms with van der Waals surface area (Å²) < 4.78 is 21.8. The first kappa shape index (κ1) is 21.8. The third-order valence-corrected chi connectivity index (χ3v) is 7.05. The molecule has 6 nitrogen and oxygen atoms in total. The number of ether oxygens (including phenoxy) is 1. The summed E-state index contributed by atoms with van der Waals surface area (Å²) >= 11 is 12.3. The molecule has 4 heterocycles. The zero-order valence-corrected chi connectivity index (χ0v) is 19.8. The Morgan fingerprint density at radius 2 is 1.85 bits per heavy atom. The van der Waals surface area contributed by atoms with Crippen LogP contribution in [0.3, 0.4) is 0 Å². The average molecular weight is 498 g/mol. The van der Waals surface area contributed by atoms with Crippen LogP contribution in [0.5, 0.6) is 6.01 Å². The number of rotatable bonds is 5. The standard InChI is InChI=1S/C25H22Cl2FN5O/c26-9-10-34-25-31-23-18(24(32-25)33-12-15-7-8-16(13-33)30-15)11-29-22(21(23)28)17-5-1-3-14-4-2-6-19(27)20(14)17/h1-6,11,15-16,30H,7-10,12-13H2. The van der Waals surface area contributed by atoms with Crippen molar-refractivity contribution in [2.45, 2.75) is 24.9 Å². The third-order valence-electron chi connectivity index (χ3n) is 6.58. The molecule has 0 saturated carbocycles. The van der Waals surface area contributed by atoms with Gasteiger partial charge in [-0.3, -0.25) is 4.98 Å². The molecular weight excluding hydrogens is 476 g/mol. The fourth-order valence-corrected chi connectivity index (χ4v) is 5.47. The summed E-state index contributed by atoms with van der Waals surface area (Å²) in [5.41, 5.74) is 0.986. The number of anilines is 1. The van der Waals surface area contributed by atoms with Crippen LogP contribution in [-0.2, 0) is 0 Å². The number of piperazine rings is 1. The van der Waals surface area contributed by atoms with Crippen molar-refractivity contribution in [2.75, 3.05) is 30.5 Å². The number of benzene rings is 2. The van der Waals surface area contributed by atoms with Crippen LogP contribution in [0.4, 0.5) is 10.2 Å². The highest BCUT2D eigenvalue weighted by atomic mass is 35.5. The van der Waals surface area contributed by atoms with Gasteiger partial charge in [0.25, 0.3) is 0 Å². The SMILES string of the molecule is Fc1c(-c2cccc3cccc(Cl)c23)ncc2c(N3CC4CCC(C3)N4)nc(OCCCl)nc12. The normalized spacial score (nSPS) is 19.8. The predicted molar refractivity (Wildman–Crippen MR) is 134 cm³/mol. The molecule has 2 aromatic carbocycles. The second-order valence-electron chi connectivity index (χ2n) is 8.74. The first-order valence-electron chi connectivity index (χ1n) is 11.4. The molecule has 4 aromatic rings. The molecular formula is C25H22Cl2FN5O. The maximum atomic E-state index is 16.1. The minimum atomic E-state index is -0.526. The molecule has 0 radical (unpaired) electrons. The van der Waals surface area contributed by atoms with Gasteiger partial charge in [0.2, 0.25) is 0 Å². The number of nitrogens with one attached hydrogen (secondary N) is 1. The smallest absolute Gasteiger partial charge is 0.319 e. The fourth-order valence-electron chi connectivity index (χ4n) is 5.11. The molecule has 2 bridgehead atoms. The Morgan fingerprint density at radius 1 is 1.09 bits per heavy atom. The van der Waals surface area contributed by atoms with E-state index >= 15 is 4.39 Å². The Bertz CT molecular complexity index is 1380. The number of aromatic nitrogens is 3. The second kappa shape index (κ2) is 8.80. The fraction of sp³-hybridized carbons (Fsp3) is 0.320. The summed E-state index contributed by atoms with van der Waals surface area (Å²) in [5.74, 6) is 0.400. The van der Waals surface area contributed by atoms with Gasteiger partial charge < -0.3 is 15.0 Å². The van der Waals surface area contributed by atoms with Crippen LogP contribution in [0, 0.1) is 5.82 Å². The highest BCUT2D eigenvalue weighted by molar-refractivity contribution is 6.36. The van der Waals surface area contributed by atoms with Gasteiger partial charge in [0, 0.05) is 47.3 Å². The van der Waals surface area contributed by atoms with E-state index in [1.807, 2.05) is 30.3 Å². The first-order valence-corrected chi connectivity index (χ1v) is 12.3. The Labute approximate surface area is 206 Å². The molecule has 9 heteroatoms. The Kier molecular flexibility index (Phi) is 5.63. The molecule has 1 N–H and O–H groups in total. The molecule has 0 aliphatic carbocycles. The number of nitrogens with zero attached hydrogens (tertiary/aromatic N) is 4. The number of hydrogen-bond donors (Lipinski definition) is 1. The molecule has 2 unspecified atom stereocenters. The zero-order chi connectivity index (χ0) is 23.2. The minimum Gasteiger partial charge on any atom is -0.462 e. The van der Waals surface area contributed by atoms with E-state index in [0.29, 0.717) is 33.9 Å². The third kappa shape index (κ3) is 3.72. The van der Waals surface area contributed by atoms with Crippen molar-refractivity contribution >= 4 is 50.7 Å². The van der Waals surface area contributed by atoms with Crippen molar-refractivity contribution in [3.63, 3.8) is 0 Å². The van der Waals surface area contributed by atoms with E-state index in [-0.39, 0.29) is 29.7 Å². The van der Waals surface area contributed by atoms with Crippen molar-refractivity contribution in [1.29, 1.82) is 0 Å². The molecule has 0 spiro atoms. The molecule has 2 fully saturated rings. The maximum Gasteiger partial charge on any atom is 0.319 e. The summed E-state index contributed by atoms with van der Waals surface area (Å²) in [6, 6.07) is 12.2. The van der Waals surface area contributed by atoms with E-state index < -0.39 is 5.82 Å². The summed E-state index contributed by atoms with van der Waals surface area (Å²) in [6.07, 6.45) is 3.91. The van der Waals surface area contributed by atoms with E-state index in [2.05, 4.69) is 25.2 Å². The van der Waals surface area contributed by atoms with Gasteiger partial charge in [-0.1, -0.05) is 41.9 Å². The van der Waals surface area contributed by atoms with Gasteiger partial charge in [0.05, 0.1) is 11.3 Å². The second-order valence-corrected chi connectivity index (χ2v) is 9.52. The Hall–Kier alpha value is -2.74. The number of pyridine rings is 1. The first-order chi connectivity index (χ1) is 16.6. The van der Waals surface area contributed by atoms with Gasteiger partial charge in [-0.15, -0.1) is 11.6 Å². The van der Waals surface area contributed by atoms with Crippen molar-refractivity contribution in [3.05, 3.63) is 53.4 Å². The van der Waals surface area contributed by atoms with Crippen LogP contribution in [-0.4, -0.2) is 52.6 Å². The molecule has 2 atom stereocenters.